The number of carbonyl (C=O) groups excluding carboxylic acids is 1. The van der Waals surface area contributed by atoms with Gasteiger partial charge in [0.1, 0.15) is 5.75 Å². The summed E-state index contributed by atoms with van der Waals surface area (Å²) in [6, 6.07) is 10.3. The highest BCUT2D eigenvalue weighted by Gasteiger charge is 2.32. The fraction of sp³-hybridized carbons (Fsp3) is 0.350. The van der Waals surface area contributed by atoms with E-state index in [-0.39, 0.29) is 17.4 Å². The van der Waals surface area contributed by atoms with Gasteiger partial charge in [0, 0.05) is 24.3 Å². The number of ether oxygens (including phenoxy) is 1. The lowest BCUT2D eigenvalue weighted by Gasteiger charge is -2.30. The normalized spacial score (nSPS) is 18.2. The van der Waals surface area contributed by atoms with Gasteiger partial charge in [-0.15, -0.1) is 13.2 Å². The summed E-state index contributed by atoms with van der Waals surface area (Å²) in [5.74, 6) is -0.580. The second-order valence-corrected chi connectivity index (χ2v) is 9.20. The van der Waals surface area contributed by atoms with Crippen molar-refractivity contribution in [2.75, 3.05) is 28.0 Å². The molecule has 2 aliphatic rings. The van der Waals surface area contributed by atoms with Gasteiger partial charge in [-0.2, -0.15) is 0 Å². The topological polar surface area (TPSA) is 66.9 Å². The molecular weight excluding hydrogens is 421 g/mol. The molecule has 0 unspecified atom stereocenters. The lowest BCUT2D eigenvalue weighted by Crippen LogP contribution is -2.35. The molecule has 0 atom stereocenters. The van der Waals surface area contributed by atoms with Gasteiger partial charge < -0.3 is 9.64 Å². The van der Waals surface area contributed by atoms with Crippen molar-refractivity contribution in [3.05, 3.63) is 53.6 Å². The number of hydrogen-bond donors (Lipinski definition) is 0. The number of sulfonamides is 1. The summed E-state index contributed by atoms with van der Waals surface area (Å²) in [7, 11) is -3.37. The molecule has 0 spiro atoms. The van der Waals surface area contributed by atoms with E-state index in [9.17, 15) is 26.4 Å². The minimum Gasteiger partial charge on any atom is -0.406 e. The van der Waals surface area contributed by atoms with Crippen molar-refractivity contribution in [1.82, 2.24) is 0 Å². The van der Waals surface area contributed by atoms with E-state index in [4.69, 9.17) is 0 Å². The first-order valence-electron chi connectivity index (χ1n) is 9.45. The summed E-state index contributed by atoms with van der Waals surface area (Å²) >= 11 is 0. The molecule has 160 valence electrons. The Kier molecular flexibility index (Phi) is 5.13. The zero-order chi connectivity index (χ0) is 21.5. The van der Waals surface area contributed by atoms with Gasteiger partial charge in [0.05, 0.1) is 11.4 Å². The lowest BCUT2D eigenvalue weighted by atomic mass is 10.00. The minimum atomic E-state index is -4.78. The molecule has 1 amide bonds. The zero-order valence-corrected chi connectivity index (χ0v) is 16.7. The van der Waals surface area contributed by atoms with Gasteiger partial charge in [-0.3, -0.25) is 9.10 Å². The van der Waals surface area contributed by atoms with Crippen molar-refractivity contribution in [1.29, 1.82) is 0 Å². The molecule has 2 aromatic rings. The average molecular weight is 440 g/mol. The van der Waals surface area contributed by atoms with Crippen LogP contribution in [-0.4, -0.2) is 39.5 Å². The number of carbonyl (C=O) groups is 1. The maximum atomic E-state index is 13.2. The number of rotatable bonds is 3. The summed E-state index contributed by atoms with van der Waals surface area (Å²) in [4.78, 5) is 14.7. The molecule has 1 saturated heterocycles. The first kappa shape index (κ1) is 20.5. The Morgan fingerprint density at radius 1 is 1.03 bits per heavy atom. The number of hydrogen-bond acceptors (Lipinski definition) is 4. The number of alkyl halides is 3. The maximum Gasteiger partial charge on any atom is 0.573 e. The molecule has 2 aromatic carbocycles. The van der Waals surface area contributed by atoms with Crippen LogP contribution in [0, 0.1) is 0 Å². The van der Waals surface area contributed by atoms with Crippen LogP contribution < -0.4 is 13.9 Å². The molecule has 0 N–H and O–H groups in total. The van der Waals surface area contributed by atoms with Crippen LogP contribution in [0.3, 0.4) is 0 Å². The monoisotopic (exact) mass is 440 g/mol. The van der Waals surface area contributed by atoms with Gasteiger partial charge in [0.2, 0.25) is 10.0 Å². The molecule has 2 heterocycles. The number of aryl methyl sites for hydroxylation is 1. The molecule has 10 heteroatoms. The van der Waals surface area contributed by atoms with Gasteiger partial charge in [-0.25, -0.2) is 8.42 Å². The average Bonchev–Trinajstić information content (AvgIpc) is 3.04. The van der Waals surface area contributed by atoms with Crippen LogP contribution in [0.4, 0.5) is 24.5 Å². The predicted molar refractivity (Wildman–Crippen MR) is 105 cm³/mol. The van der Waals surface area contributed by atoms with E-state index in [0.29, 0.717) is 54.9 Å². The highest BCUT2D eigenvalue weighted by Crippen LogP contribution is 2.34. The van der Waals surface area contributed by atoms with Crippen LogP contribution in [-0.2, 0) is 16.4 Å². The molecule has 2 aliphatic heterocycles. The third-order valence-electron chi connectivity index (χ3n) is 5.13. The fourth-order valence-corrected chi connectivity index (χ4v) is 5.42. The van der Waals surface area contributed by atoms with Crippen molar-refractivity contribution in [2.24, 2.45) is 0 Å². The standard InChI is InChI=1S/C20H19F3N2O4S/c21-20(22,23)29-17-7-8-18-14(13-17)5-2-9-24(18)19(26)15-4-1-6-16(12-15)25-10-3-11-30(25,27)28/h1,4,6-8,12-13H,2-3,5,9-11H2. The summed E-state index contributed by atoms with van der Waals surface area (Å²) in [5.41, 5.74) is 1.87. The SMILES string of the molecule is O=C(c1cccc(N2CCCS2(=O)=O)c1)N1CCCc2cc(OC(F)(F)F)ccc21. The smallest absolute Gasteiger partial charge is 0.406 e. The summed E-state index contributed by atoms with van der Waals surface area (Å²) in [6.07, 6.45) is -3.13. The van der Waals surface area contributed by atoms with E-state index in [1.807, 2.05) is 0 Å². The Bertz CT molecular complexity index is 1090. The van der Waals surface area contributed by atoms with Crippen molar-refractivity contribution in [2.45, 2.75) is 25.6 Å². The quantitative estimate of drug-likeness (QED) is 0.730. The van der Waals surface area contributed by atoms with Crippen molar-refractivity contribution >= 4 is 27.3 Å². The Balaban J connectivity index is 1.62. The van der Waals surface area contributed by atoms with E-state index < -0.39 is 16.4 Å². The number of halogens is 3. The van der Waals surface area contributed by atoms with E-state index >= 15 is 0 Å². The summed E-state index contributed by atoms with van der Waals surface area (Å²) in [5, 5.41) is 0. The highest BCUT2D eigenvalue weighted by atomic mass is 32.2. The molecule has 0 radical (unpaired) electrons. The predicted octanol–water partition coefficient (Wildman–Crippen LogP) is 3.72. The Morgan fingerprint density at radius 2 is 1.83 bits per heavy atom. The number of anilines is 2. The molecule has 0 saturated carbocycles. The zero-order valence-electron chi connectivity index (χ0n) is 15.9. The Hall–Kier alpha value is -2.75. The van der Waals surface area contributed by atoms with Crippen LogP contribution in [0.15, 0.2) is 42.5 Å². The summed E-state index contributed by atoms with van der Waals surface area (Å²) in [6.45, 7) is 0.784. The fourth-order valence-electron chi connectivity index (χ4n) is 3.86. The minimum absolute atomic E-state index is 0.0764. The first-order chi connectivity index (χ1) is 14.1. The molecule has 0 aromatic heterocycles. The number of benzene rings is 2. The van der Waals surface area contributed by atoms with Gasteiger partial charge in [-0.1, -0.05) is 6.07 Å². The van der Waals surface area contributed by atoms with Gasteiger partial charge in [-0.05, 0) is 61.2 Å². The Morgan fingerprint density at radius 3 is 2.53 bits per heavy atom. The van der Waals surface area contributed by atoms with Crippen LogP contribution in [0.5, 0.6) is 5.75 Å². The molecule has 6 nitrogen and oxygen atoms in total. The van der Waals surface area contributed by atoms with E-state index in [0.717, 1.165) is 0 Å². The van der Waals surface area contributed by atoms with E-state index in [1.165, 1.54) is 27.4 Å². The number of nitrogens with zero attached hydrogens (tertiary/aromatic N) is 2. The van der Waals surface area contributed by atoms with Gasteiger partial charge in [0.25, 0.3) is 5.91 Å². The number of fused-ring (bicyclic) bond motifs is 1. The highest BCUT2D eigenvalue weighted by molar-refractivity contribution is 7.93. The van der Waals surface area contributed by atoms with E-state index in [2.05, 4.69) is 4.74 Å². The van der Waals surface area contributed by atoms with Gasteiger partial charge in [0.15, 0.2) is 0 Å². The molecule has 0 bridgehead atoms. The van der Waals surface area contributed by atoms with Crippen LogP contribution in [0.2, 0.25) is 0 Å². The Labute approximate surface area is 171 Å². The molecule has 0 aliphatic carbocycles. The molecule has 4 rings (SSSR count). The summed E-state index contributed by atoms with van der Waals surface area (Å²) < 4.78 is 67.1. The lowest BCUT2D eigenvalue weighted by molar-refractivity contribution is -0.274. The molecule has 1 fully saturated rings. The maximum absolute atomic E-state index is 13.2. The van der Waals surface area contributed by atoms with Crippen LogP contribution >= 0.6 is 0 Å². The first-order valence-corrected chi connectivity index (χ1v) is 11.1. The second-order valence-electron chi connectivity index (χ2n) is 7.19. The van der Waals surface area contributed by atoms with Crippen molar-refractivity contribution in [3.63, 3.8) is 0 Å². The van der Waals surface area contributed by atoms with Crippen LogP contribution in [0.25, 0.3) is 0 Å². The second kappa shape index (κ2) is 7.50. The van der Waals surface area contributed by atoms with Crippen molar-refractivity contribution in [3.8, 4) is 5.75 Å². The molecule has 30 heavy (non-hydrogen) atoms. The van der Waals surface area contributed by atoms with E-state index in [1.54, 1.807) is 24.3 Å². The third kappa shape index (κ3) is 4.09. The molecular formula is C20H19F3N2O4S. The van der Waals surface area contributed by atoms with Gasteiger partial charge >= 0.3 is 6.36 Å². The van der Waals surface area contributed by atoms with Crippen LogP contribution in [0.1, 0.15) is 28.8 Å². The van der Waals surface area contributed by atoms with Crippen molar-refractivity contribution < 1.29 is 31.1 Å². The largest absolute Gasteiger partial charge is 0.573 e. The third-order valence-corrected chi connectivity index (χ3v) is 7.00. The number of amides is 1.